The summed E-state index contributed by atoms with van der Waals surface area (Å²) in [5, 5.41) is 2.98. The molecule has 0 bridgehead atoms. The van der Waals surface area contributed by atoms with Crippen LogP contribution in [-0.2, 0) is 16.1 Å². The van der Waals surface area contributed by atoms with Gasteiger partial charge in [-0.05, 0) is 32.1 Å². The first-order valence-electron chi connectivity index (χ1n) is 12.9. The number of hydrogen-bond acceptors (Lipinski definition) is 9. The van der Waals surface area contributed by atoms with Crippen molar-refractivity contribution < 1.29 is 19.1 Å². The van der Waals surface area contributed by atoms with E-state index in [0.29, 0.717) is 54.0 Å². The smallest absolute Gasteiger partial charge is 0.267 e. The van der Waals surface area contributed by atoms with Crippen molar-refractivity contribution in [1.82, 2.24) is 30.2 Å². The highest BCUT2D eigenvalue weighted by atomic mass is 35.5. The van der Waals surface area contributed by atoms with Crippen LogP contribution in [0.15, 0.2) is 18.3 Å². The van der Waals surface area contributed by atoms with Crippen molar-refractivity contribution in [2.24, 2.45) is 0 Å². The fourth-order valence-electron chi connectivity index (χ4n) is 4.91. The fraction of sp³-hybridized carbons (Fsp3) is 0.370. The van der Waals surface area contributed by atoms with E-state index in [-0.39, 0.29) is 35.0 Å². The van der Waals surface area contributed by atoms with E-state index in [9.17, 15) is 9.59 Å². The molecule has 3 aromatic rings. The number of aromatic amines is 1. The summed E-state index contributed by atoms with van der Waals surface area (Å²) in [6.07, 6.45) is 3.33. The lowest BCUT2D eigenvalue weighted by Crippen LogP contribution is -2.41. The number of nitrogens with one attached hydrogen (secondary N) is 2. The number of carbonyl (C=O) groups is 2. The Hall–Kier alpha value is -4.00. The van der Waals surface area contributed by atoms with E-state index in [1.54, 1.807) is 31.5 Å². The van der Waals surface area contributed by atoms with Crippen LogP contribution in [0.4, 0.5) is 11.8 Å². The van der Waals surface area contributed by atoms with Crippen molar-refractivity contribution in [2.75, 3.05) is 57.1 Å². The van der Waals surface area contributed by atoms with Gasteiger partial charge < -0.3 is 25.5 Å². The van der Waals surface area contributed by atoms with E-state index in [1.165, 1.54) is 4.90 Å². The Morgan fingerprint density at radius 1 is 1.27 bits per heavy atom. The molecule has 5 heterocycles. The van der Waals surface area contributed by atoms with Crippen LogP contribution in [-0.4, -0.2) is 83.2 Å². The second kappa shape index (κ2) is 11.6. The molecule has 1 fully saturated rings. The number of fused-ring (bicyclic) bond motifs is 1. The number of nitrogens with two attached hydrogens (primary N) is 1. The summed E-state index contributed by atoms with van der Waals surface area (Å²) in [5.74, 6) is 0.368. The summed E-state index contributed by atoms with van der Waals surface area (Å²) in [6, 6.07) is 3.39. The highest BCUT2D eigenvalue weighted by Crippen LogP contribution is 2.41. The van der Waals surface area contributed by atoms with Crippen LogP contribution in [0, 0.1) is 13.8 Å². The molecule has 210 valence electrons. The molecule has 40 heavy (non-hydrogen) atoms. The quantitative estimate of drug-likeness (QED) is 0.275. The molecule has 0 saturated carbocycles. The molecule has 0 spiro atoms. The predicted octanol–water partition coefficient (Wildman–Crippen LogP) is 2.21. The minimum atomic E-state index is -0.344. The molecule has 0 unspecified atom stereocenters. The number of methoxy groups -OCH3 is 1. The average Bonchev–Trinajstić information content (AvgIpc) is 3.50. The van der Waals surface area contributed by atoms with Crippen LogP contribution in [0.5, 0.6) is 5.75 Å². The van der Waals surface area contributed by atoms with Gasteiger partial charge >= 0.3 is 0 Å². The maximum atomic E-state index is 13.7. The number of hydrogen-bond donors (Lipinski definition) is 3. The summed E-state index contributed by atoms with van der Waals surface area (Å²) < 4.78 is 10.9. The first-order chi connectivity index (χ1) is 19.3. The number of amides is 2. The first-order valence-corrected chi connectivity index (χ1v) is 13.3. The number of rotatable bonds is 8. The number of morpholine rings is 1. The SMILES string of the molecule is COc1c(C)cnc(CN2C(=O)/C(=C\c3ccc(C(=O)NCCN4CCOCC4)[nH]3)c3c(Cl)nc(N)nc32)c1C. The van der Waals surface area contributed by atoms with Gasteiger partial charge in [-0.15, -0.1) is 0 Å². The number of nitrogen functional groups attached to an aromatic ring is 1. The van der Waals surface area contributed by atoms with Gasteiger partial charge in [0.05, 0.1) is 43.7 Å². The molecule has 2 aliphatic rings. The predicted molar refractivity (Wildman–Crippen MR) is 151 cm³/mol. The number of aromatic nitrogens is 4. The standard InChI is InChI=1S/C27H31ClN8O4/c1-15-13-31-20(16(2)22(15)39-3)14-36-24-21(23(28)33-27(29)34-24)18(26(36)38)12-17-4-5-19(32-17)25(37)30-6-7-35-8-10-40-11-9-35/h4-5,12-13,32H,6-11,14H2,1-3H3,(H,30,37)(H2,29,33,34)/b18-12-. The molecule has 2 aliphatic heterocycles. The van der Waals surface area contributed by atoms with E-state index < -0.39 is 0 Å². The molecular formula is C27H31ClN8O4. The van der Waals surface area contributed by atoms with E-state index in [0.717, 1.165) is 30.8 Å². The zero-order valence-corrected chi connectivity index (χ0v) is 23.3. The molecule has 13 heteroatoms. The van der Waals surface area contributed by atoms with E-state index >= 15 is 0 Å². The lowest BCUT2D eigenvalue weighted by molar-refractivity contribution is -0.113. The molecule has 1 saturated heterocycles. The lowest BCUT2D eigenvalue weighted by Gasteiger charge is -2.26. The topological polar surface area (TPSA) is 152 Å². The van der Waals surface area contributed by atoms with Crippen molar-refractivity contribution in [3.05, 3.63) is 57.3 Å². The maximum Gasteiger partial charge on any atom is 0.267 e. The van der Waals surface area contributed by atoms with Crippen LogP contribution in [0.3, 0.4) is 0 Å². The molecule has 0 aliphatic carbocycles. The second-order valence-corrected chi connectivity index (χ2v) is 9.96. The Morgan fingerprint density at radius 3 is 2.80 bits per heavy atom. The molecule has 4 N–H and O–H groups in total. The Kier molecular flexibility index (Phi) is 8.01. The fourth-order valence-corrected chi connectivity index (χ4v) is 5.18. The van der Waals surface area contributed by atoms with Gasteiger partial charge in [0.15, 0.2) is 5.82 Å². The molecule has 12 nitrogen and oxygen atoms in total. The number of anilines is 2. The van der Waals surface area contributed by atoms with Crippen LogP contribution in [0.1, 0.15) is 38.6 Å². The highest BCUT2D eigenvalue weighted by molar-refractivity contribution is 6.41. The third-order valence-corrected chi connectivity index (χ3v) is 7.27. The van der Waals surface area contributed by atoms with Gasteiger partial charge in [-0.3, -0.25) is 24.4 Å². The highest BCUT2D eigenvalue weighted by Gasteiger charge is 2.37. The van der Waals surface area contributed by atoms with Crippen molar-refractivity contribution in [3.63, 3.8) is 0 Å². The van der Waals surface area contributed by atoms with E-state index in [2.05, 4.69) is 30.2 Å². The van der Waals surface area contributed by atoms with Gasteiger partial charge in [-0.1, -0.05) is 11.6 Å². The number of aryl methyl sites for hydroxylation is 1. The van der Waals surface area contributed by atoms with Crippen molar-refractivity contribution >= 4 is 46.8 Å². The monoisotopic (exact) mass is 566 g/mol. The number of carbonyl (C=O) groups excluding carboxylic acids is 2. The number of nitrogens with zero attached hydrogens (tertiary/aromatic N) is 5. The van der Waals surface area contributed by atoms with Crippen molar-refractivity contribution in [1.29, 1.82) is 0 Å². The molecule has 0 radical (unpaired) electrons. The Balaban J connectivity index is 1.38. The van der Waals surface area contributed by atoms with Gasteiger partial charge in [0, 0.05) is 49.2 Å². The van der Waals surface area contributed by atoms with Crippen LogP contribution < -0.4 is 20.7 Å². The summed E-state index contributed by atoms with van der Waals surface area (Å²) in [6.45, 7) is 8.30. The maximum absolute atomic E-state index is 13.7. The summed E-state index contributed by atoms with van der Waals surface area (Å²) in [5.41, 5.74) is 9.81. The Morgan fingerprint density at radius 2 is 2.05 bits per heavy atom. The molecule has 2 amide bonds. The third kappa shape index (κ3) is 5.51. The van der Waals surface area contributed by atoms with Crippen molar-refractivity contribution in [2.45, 2.75) is 20.4 Å². The van der Waals surface area contributed by atoms with Gasteiger partial charge in [-0.2, -0.15) is 4.98 Å². The summed E-state index contributed by atoms with van der Waals surface area (Å²) in [7, 11) is 1.60. The molecular weight excluding hydrogens is 536 g/mol. The minimum absolute atomic E-state index is 0.0510. The molecule has 5 rings (SSSR count). The molecule has 3 aromatic heterocycles. The zero-order chi connectivity index (χ0) is 28.4. The largest absolute Gasteiger partial charge is 0.496 e. The molecule has 0 aromatic carbocycles. The Labute approximate surface area is 236 Å². The number of H-pyrrole nitrogens is 1. The lowest BCUT2D eigenvalue weighted by atomic mass is 10.1. The third-order valence-electron chi connectivity index (χ3n) is 6.99. The van der Waals surface area contributed by atoms with Crippen LogP contribution in [0.2, 0.25) is 5.15 Å². The van der Waals surface area contributed by atoms with Gasteiger partial charge in [0.1, 0.15) is 16.6 Å². The number of ether oxygens (including phenoxy) is 2. The van der Waals surface area contributed by atoms with E-state index in [4.69, 9.17) is 26.8 Å². The normalized spacial score (nSPS) is 16.4. The first kappa shape index (κ1) is 27.6. The Bertz CT molecular complexity index is 1480. The van der Waals surface area contributed by atoms with Gasteiger partial charge in [0.2, 0.25) is 5.95 Å². The average molecular weight is 567 g/mol. The molecule has 0 atom stereocenters. The number of halogens is 1. The van der Waals surface area contributed by atoms with E-state index in [1.807, 2.05) is 13.8 Å². The summed E-state index contributed by atoms with van der Waals surface area (Å²) >= 11 is 6.47. The van der Waals surface area contributed by atoms with Crippen molar-refractivity contribution in [3.8, 4) is 5.75 Å². The summed E-state index contributed by atoms with van der Waals surface area (Å²) in [4.78, 5) is 46.1. The second-order valence-electron chi connectivity index (χ2n) is 9.60. The van der Waals surface area contributed by atoms with Gasteiger partial charge in [0.25, 0.3) is 11.8 Å². The zero-order valence-electron chi connectivity index (χ0n) is 22.6. The number of pyridine rings is 1. The van der Waals surface area contributed by atoms with Gasteiger partial charge in [-0.25, -0.2) is 4.98 Å². The minimum Gasteiger partial charge on any atom is -0.496 e. The van der Waals surface area contributed by atoms with Crippen LogP contribution >= 0.6 is 11.6 Å². The van der Waals surface area contributed by atoms with Crippen LogP contribution in [0.25, 0.3) is 11.6 Å².